The summed E-state index contributed by atoms with van der Waals surface area (Å²) in [4.78, 5) is 17.7. The molecule has 1 fully saturated rings. The first-order chi connectivity index (χ1) is 14.7. The van der Waals surface area contributed by atoms with Crippen LogP contribution in [0.25, 0.3) is 0 Å². The Kier molecular flexibility index (Phi) is 7.26. The predicted octanol–water partition coefficient (Wildman–Crippen LogP) is 6.45. The van der Waals surface area contributed by atoms with E-state index < -0.39 is 0 Å². The number of para-hydroxylation sites is 1. The first-order valence-electron chi connectivity index (χ1n) is 10.3. The molecule has 1 aliphatic rings. The molecule has 154 valence electrons. The largest absolute Gasteiger partial charge is 0.325 e. The molecule has 1 saturated heterocycles. The zero-order chi connectivity index (χ0) is 20.8. The van der Waals surface area contributed by atoms with Crippen LogP contribution in [0.5, 0.6) is 0 Å². The number of likely N-dealkylation sites (tertiary alicyclic amines) is 1. The van der Waals surface area contributed by atoms with E-state index in [9.17, 15) is 4.79 Å². The topological polar surface area (TPSA) is 32.3 Å². The molecule has 0 spiro atoms. The lowest BCUT2D eigenvalue weighted by atomic mass is 9.96. The van der Waals surface area contributed by atoms with Gasteiger partial charge in [-0.15, -0.1) is 0 Å². The van der Waals surface area contributed by atoms with E-state index in [1.807, 2.05) is 42.5 Å². The summed E-state index contributed by atoms with van der Waals surface area (Å²) in [6.07, 6.45) is 1.99. The molecule has 4 rings (SSSR count). The number of hydrogen-bond donors (Lipinski definition) is 1. The van der Waals surface area contributed by atoms with Crippen LogP contribution in [0.2, 0.25) is 0 Å². The van der Waals surface area contributed by atoms with Crippen LogP contribution in [0.3, 0.4) is 0 Å². The summed E-state index contributed by atoms with van der Waals surface area (Å²) >= 11 is 5.22. The van der Waals surface area contributed by atoms with Crippen molar-refractivity contribution >= 4 is 39.3 Å². The van der Waals surface area contributed by atoms with Crippen LogP contribution in [0.4, 0.5) is 5.69 Å². The van der Waals surface area contributed by atoms with Crippen LogP contribution < -0.4 is 5.32 Å². The van der Waals surface area contributed by atoms with Crippen molar-refractivity contribution in [1.29, 1.82) is 0 Å². The molecule has 1 amide bonds. The van der Waals surface area contributed by atoms with Crippen molar-refractivity contribution in [2.75, 3.05) is 18.4 Å². The summed E-state index contributed by atoms with van der Waals surface area (Å²) < 4.78 is 1.10. The third-order valence-corrected chi connectivity index (χ3v) is 6.86. The number of rotatable bonds is 6. The molecule has 3 nitrogen and oxygen atoms in total. The number of nitrogens with zero attached hydrogens (tertiary/aromatic N) is 1. The highest BCUT2D eigenvalue weighted by atomic mass is 79.9. The van der Waals surface area contributed by atoms with E-state index in [1.165, 1.54) is 5.56 Å². The first-order valence-corrected chi connectivity index (χ1v) is 11.9. The summed E-state index contributed by atoms with van der Waals surface area (Å²) in [6.45, 7) is 2.72. The number of piperidine rings is 1. The lowest BCUT2D eigenvalue weighted by molar-refractivity contribution is -0.121. The van der Waals surface area contributed by atoms with Crippen molar-refractivity contribution in [3.05, 3.63) is 88.9 Å². The number of carbonyl (C=O) groups excluding carboxylic acids is 1. The van der Waals surface area contributed by atoms with Crippen LogP contribution >= 0.6 is 27.7 Å². The van der Waals surface area contributed by atoms with Crippen LogP contribution in [-0.2, 0) is 11.3 Å². The number of amides is 1. The second-order valence-corrected chi connectivity index (χ2v) is 9.64. The van der Waals surface area contributed by atoms with E-state index in [1.54, 1.807) is 11.8 Å². The van der Waals surface area contributed by atoms with Crippen molar-refractivity contribution in [3.63, 3.8) is 0 Å². The summed E-state index contributed by atoms with van der Waals surface area (Å²) in [5.74, 6) is 0.135. The van der Waals surface area contributed by atoms with Gasteiger partial charge in [-0.2, -0.15) is 0 Å². The van der Waals surface area contributed by atoms with E-state index in [0.29, 0.717) is 0 Å². The minimum absolute atomic E-state index is 0.0145. The minimum Gasteiger partial charge on any atom is -0.325 e. The Balaban J connectivity index is 1.40. The molecular formula is C25H25BrN2OS. The van der Waals surface area contributed by atoms with Crippen molar-refractivity contribution in [3.8, 4) is 0 Å². The van der Waals surface area contributed by atoms with Gasteiger partial charge in [-0.05, 0) is 61.3 Å². The minimum atomic E-state index is 0.0145. The van der Waals surface area contributed by atoms with E-state index in [0.717, 1.165) is 52.4 Å². The molecule has 1 unspecified atom stereocenters. The monoisotopic (exact) mass is 480 g/mol. The average molecular weight is 481 g/mol. The normalized spacial score (nSPS) is 16.9. The van der Waals surface area contributed by atoms with Crippen molar-refractivity contribution in [2.24, 2.45) is 5.92 Å². The quantitative estimate of drug-likeness (QED) is 0.439. The molecule has 3 aromatic carbocycles. The van der Waals surface area contributed by atoms with Gasteiger partial charge < -0.3 is 5.32 Å². The molecule has 3 aromatic rings. The molecule has 0 bridgehead atoms. The molecule has 0 saturated carbocycles. The highest BCUT2D eigenvalue weighted by Crippen LogP contribution is 2.33. The van der Waals surface area contributed by atoms with Gasteiger partial charge >= 0.3 is 0 Å². The fourth-order valence-corrected chi connectivity index (χ4v) is 5.19. The Morgan fingerprint density at radius 2 is 1.83 bits per heavy atom. The van der Waals surface area contributed by atoms with Crippen LogP contribution in [0.1, 0.15) is 18.4 Å². The number of nitrogens with one attached hydrogen (secondary N) is 1. The number of hydrogen-bond acceptors (Lipinski definition) is 3. The molecule has 1 heterocycles. The molecule has 1 N–H and O–H groups in total. The Bertz CT molecular complexity index is 995. The second-order valence-electron chi connectivity index (χ2n) is 7.60. The molecule has 0 radical (unpaired) electrons. The van der Waals surface area contributed by atoms with Crippen LogP contribution in [0, 0.1) is 5.92 Å². The fraction of sp³-hybridized carbons (Fsp3) is 0.240. The SMILES string of the molecule is O=C(Nc1ccccc1Sc1ccccc1)C1CCCN(Cc2cccc(Br)c2)C1. The Hall–Kier alpha value is -2.08. The number of carbonyl (C=O) groups is 1. The maximum absolute atomic E-state index is 13.1. The van der Waals surface area contributed by atoms with Gasteiger partial charge in [-0.1, -0.05) is 70.2 Å². The zero-order valence-corrected chi connectivity index (χ0v) is 19.2. The average Bonchev–Trinajstić information content (AvgIpc) is 2.76. The lowest BCUT2D eigenvalue weighted by Crippen LogP contribution is -2.40. The molecule has 0 aromatic heterocycles. The summed E-state index contributed by atoms with van der Waals surface area (Å²) in [5, 5.41) is 3.20. The van der Waals surface area contributed by atoms with Gasteiger partial charge in [0.05, 0.1) is 11.6 Å². The van der Waals surface area contributed by atoms with Gasteiger partial charge in [0.25, 0.3) is 0 Å². The summed E-state index contributed by atoms with van der Waals surface area (Å²) in [7, 11) is 0. The van der Waals surface area contributed by atoms with E-state index in [-0.39, 0.29) is 11.8 Å². The standard InChI is InChI=1S/C25H25BrN2OS/c26-21-10-6-8-19(16-21)17-28-15-7-9-20(18-28)25(29)27-23-13-4-5-14-24(23)30-22-11-2-1-3-12-22/h1-6,8,10-14,16,20H,7,9,15,17-18H2,(H,27,29). The summed E-state index contributed by atoms with van der Waals surface area (Å²) in [6, 6.07) is 26.7. The number of halogens is 1. The number of benzene rings is 3. The van der Waals surface area contributed by atoms with Gasteiger partial charge in [-0.25, -0.2) is 0 Å². The van der Waals surface area contributed by atoms with Crippen molar-refractivity contribution in [2.45, 2.75) is 29.2 Å². The van der Waals surface area contributed by atoms with Gasteiger partial charge in [0.1, 0.15) is 0 Å². The van der Waals surface area contributed by atoms with Gasteiger partial charge in [0.2, 0.25) is 5.91 Å². The van der Waals surface area contributed by atoms with Crippen LogP contribution in [0.15, 0.2) is 93.1 Å². The van der Waals surface area contributed by atoms with E-state index in [4.69, 9.17) is 0 Å². The van der Waals surface area contributed by atoms with Crippen molar-refractivity contribution < 1.29 is 4.79 Å². The molecule has 5 heteroatoms. The highest BCUT2D eigenvalue weighted by Gasteiger charge is 2.26. The predicted molar refractivity (Wildman–Crippen MR) is 128 cm³/mol. The van der Waals surface area contributed by atoms with E-state index >= 15 is 0 Å². The van der Waals surface area contributed by atoms with E-state index in [2.05, 4.69) is 62.5 Å². The van der Waals surface area contributed by atoms with Gasteiger partial charge in [0, 0.05) is 27.4 Å². The molecular weight excluding hydrogens is 456 g/mol. The fourth-order valence-electron chi connectivity index (χ4n) is 3.82. The Morgan fingerprint density at radius 1 is 1.03 bits per heavy atom. The van der Waals surface area contributed by atoms with Gasteiger partial charge in [-0.3, -0.25) is 9.69 Å². The molecule has 30 heavy (non-hydrogen) atoms. The maximum atomic E-state index is 13.1. The molecule has 1 atom stereocenters. The Morgan fingerprint density at radius 3 is 2.67 bits per heavy atom. The maximum Gasteiger partial charge on any atom is 0.228 e. The molecule has 1 aliphatic heterocycles. The smallest absolute Gasteiger partial charge is 0.228 e. The van der Waals surface area contributed by atoms with Crippen LogP contribution in [-0.4, -0.2) is 23.9 Å². The number of anilines is 1. The highest BCUT2D eigenvalue weighted by molar-refractivity contribution is 9.10. The zero-order valence-electron chi connectivity index (χ0n) is 16.8. The molecule has 0 aliphatic carbocycles. The first kappa shape index (κ1) is 21.2. The summed E-state index contributed by atoms with van der Waals surface area (Å²) in [5.41, 5.74) is 2.16. The third-order valence-electron chi connectivity index (χ3n) is 5.29. The lowest BCUT2D eigenvalue weighted by Gasteiger charge is -2.32. The second kappa shape index (κ2) is 10.3. The third kappa shape index (κ3) is 5.75. The van der Waals surface area contributed by atoms with Gasteiger partial charge in [0.15, 0.2) is 0 Å². The van der Waals surface area contributed by atoms with Crippen molar-refractivity contribution in [1.82, 2.24) is 4.90 Å². The Labute approximate surface area is 191 Å².